The number of aliphatic hydroxyl groups is 1. The number of aliphatic hydroxyl groups excluding tert-OH is 1. The molecule has 0 radical (unpaired) electrons. The van der Waals surface area contributed by atoms with Crippen LogP contribution in [0.2, 0.25) is 0 Å². The highest BCUT2D eigenvalue weighted by Gasteiger charge is 2.30. The van der Waals surface area contributed by atoms with E-state index in [4.69, 9.17) is 4.74 Å². The highest BCUT2D eigenvalue weighted by molar-refractivity contribution is 6.42. The maximum absolute atomic E-state index is 11.7. The van der Waals surface area contributed by atoms with Crippen molar-refractivity contribution in [2.75, 3.05) is 14.2 Å². The molecule has 0 aromatic heterocycles. The third-order valence-corrected chi connectivity index (χ3v) is 2.87. The van der Waals surface area contributed by atoms with Gasteiger partial charge in [0, 0.05) is 12.0 Å². The molecular weight excluding hydrogens is 236 g/mol. The van der Waals surface area contributed by atoms with Crippen molar-refractivity contribution in [2.24, 2.45) is 0 Å². The van der Waals surface area contributed by atoms with E-state index in [0.29, 0.717) is 11.3 Å². The lowest BCUT2D eigenvalue weighted by Crippen LogP contribution is -2.18. The minimum atomic E-state index is -0.976. The molecule has 0 bridgehead atoms. The Morgan fingerprint density at radius 2 is 2.00 bits per heavy atom. The van der Waals surface area contributed by atoms with Crippen molar-refractivity contribution in [2.45, 2.75) is 6.42 Å². The molecule has 1 aliphatic rings. The molecule has 0 atom stereocenters. The van der Waals surface area contributed by atoms with Crippen LogP contribution in [0.1, 0.15) is 11.1 Å². The minimum Gasteiger partial charge on any atom is -0.507 e. The molecule has 0 fully saturated rings. The van der Waals surface area contributed by atoms with E-state index in [1.54, 1.807) is 18.2 Å². The van der Waals surface area contributed by atoms with Gasteiger partial charge in [-0.25, -0.2) is 4.79 Å². The quantitative estimate of drug-likeness (QED) is 0.644. The third-order valence-electron chi connectivity index (χ3n) is 2.87. The molecule has 1 N–H and O–H groups in total. The Morgan fingerprint density at radius 1 is 1.28 bits per heavy atom. The summed E-state index contributed by atoms with van der Waals surface area (Å²) in [6.45, 7) is 0. The van der Waals surface area contributed by atoms with E-state index >= 15 is 0 Å². The zero-order chi connectivity index (χ0) is 13.3. The van der Waals surface area contributed by atoms with Crippen LogP contribution in [-0.4, -0.2) is 31.1 Å². The molecule has 0 saturated carbocycles. The maximum Gasteiger partial charge on any atom is 0.379 e. The van der Waals surface area contributed by atoms with Gasteiger partial charge in [-0.05, 0) is 17.7 Å². The summed E-state index contributed by atoms with van der Waals surface area (Å²) in [5.74, 6) is -1.40. The van der Waals surface area contributed by atoms with E-state index < -0.39 is 11.8 Å². The largest absolute Gasteiger partial charge is 0.507 e. The second-order valence-corrected chi connectivity index (χ2v) is 3.85. The molecule has 94 valence electrons. The number of carbonyl (C=O) groups is 2. The first kappa shape index (κ1) is 12.2. The molecular formula is C13H12O5. The van der Waals surface area contributed by atoms with Crippen molar-refractivity contribution in [1.29, 1.82) is 0 Å². The lowest BCUT2D eigenvalue weighted by molar-refractivity contribution is -0.149. The predicted molar refractivity (Wildman–Crippen MR) is 63.3 cm³/mol. The van der Waals surface area contributed by atoms with Gasteiger partial charge in [-0.1, -0.05) is 6.07 Å². The Morgan fingerprint density at radius 3 is 2.61 bits per heavy atom. The van der Waals surface area contributed by atoms with Gasteiger partial charge in [0.2, 0.25) is 0 Å². The van der Waals surface area contributed by atoms with E-state index in [9.17, 15) is 14.7 Å². The van der Waals surface area contributed by atoms with Gasteiger partial charge in [-0.2, -0.15) is 0 Å². The summed E-state index contributed by atoms with van der Waals surface area (Å²) in [4.78, 5) is 22.9. The summed E-state index contributed by atoms with van der Waals surface area (Å²) < 4.78 is 9.40. The number of benzene rings is 1. The average molecular weight is 248 g/mol. The molecule has 0 unspecified atom stereocenters. The maximum atomic E-state index is 11.7. The van der Waals surface area contributed by atoms with Crippen LogP contribution in [0.5, 0.6) is 5.75 Å². The van der Waals surface area contributed by atoms with Crippen LogP contribution >= 0.6 is 0 Å². The number of ether oxygens (including phenoxy) is 2. The van der Waals surface area contributed by atoms with Gasteiger partial charge in [0.1, 0.15) is 11.5 Å². The smallest absolute Gasteiger partial charge is 0.379 e. The first-order chi connectivity index (χ1) is 8.58. The summed E-state index contributed by atoms with van der Waals surface area (Å²) in [5.41, 5.74) is 1.35. The molecule has 0 amide bonds. The molecule has 5 heteroatoms. The fraction of sp³-hybridized carbons (Fsp3) is 0.231. The molecule has 0 spiro atoms. The topological polar surface area (TPSA) is 72.8 Å². The number of ketones is 1. The average Bonchev–Trinajstić information content (AvgIpc) is 2.73. The number of rotatable bonds is 3. The fourth-order valence-corrected chi connectivity index (χ4v) is 1.90. The first-order valence-corrected chi connectivity index (χ1v) is 5.30. The lowest BCUT2D eigenvalue weighted by Gasteiger charge is -2.03. The van der Waals surface area contributed by atoms with E-state index in [1.807, 2.05) is 0 Å². The standard InChI is InChI=1S/C13H12O5/c1-17-8-4-3-7-5-10(11(14)9(7)6-8)12(15)13(16)18-2/h3-4,6,14H,5H2,1-2H3. The molecule has 1 aromatic rings. The Balaban J connectivity index is 2.40. The number of hydrogen-bond donors (Lipinski definition) is 1. The summed E-state index contributed by atoms with van der Waals surface area (Å²) in [5, 5.41) is 9.97. The van der Waals surface area contributed by atoms with Gasteiger partial charge in [-0.15, -0.1) is 0 Å². The highest BCUT2D eigenvalue weighted by Crippen LogP contribution is 2.34. The summed E-state index contributed by atoms with van der Waals surface area (Å²) in [7, 11) is 2.64. The van der Waals surface area contributed by atoms with E-state index in [0.717, 1.165) is 12.7 Å². The second kappa shape index (κ2) is 4.52. The van der Waals surface area contributed by atoms with Gasteiger partial charge in [0.05, 0.1) is 19.8 Å². The lowest BCUT2D eigenvalue weighted by atomic mass is 10.1. The van der Waals surface area contributed by atoms with Crippen LogP contribution in [0, 0.1) is 0 Å². The van der Waals surface area contributed by atoms with E-state index in [2.05, 4.69) is 4.74 Å². The van der Waals surface area contributed by atoms with Gasteiger partial charge in [-0.3, -0.25) is 4.79 Å². The van der Waals surface area contributed by atoms with Crippen LogP contribution in [0.3, 0.4) is 0 Å². The molecule has 0 heterocycles. The number of methoxy groups -OCH3 is 2. The van der Waals surface area contributed by atoms with Gasteiger partial charge in [0.25, 0.3) is 5.78 Å². The number of carbonyl (C=O) groups excluding carboxylic acids is 2. The second-order valence-electron chi connectivity index (χ2n) is 3.85. The normalized spacial score (nSPS) is 13.2. The van der Waals surface area contributed by atoms with Crippen LogP contribution in [0.15, 0.2) is 23.8 Å². The zero-order valence-electron chi connectivity index (χ0n) is 10.0. The van der Waals surface area contributed by atoms with Gasteiger partial charge < -0.3 is 14.6 Å². The van der Waals surface area contributed by atoms with E-state index in [-0.39, 0.29) is 17.8 Å². The molecule has 2 rings (SSSR count). The van der Waals surface area contributed by atoms with Crippen molar-refractivity contribution in [3.8, 4) is 5.75 Å². The number of Topliss-reactive ketones (excluding diaryl/α,β-unsaturated/α-hetero) is 1. The highest BCUT2D eigenvalue weighted by atomic mass is 16.5. The fourth-order valence-electron chi connectivity index (χ4n) is 1.90. The monoisotopic (exact) mass is 248 g/mol. The third kappa shape index (κ3) is 1.84. The SMILES string of the molecule is COC(=O)C(=O)C1=C(O)c2cc(OC)ccc2C1. The zero-order valence-corrected chi connectivity index (χ0v) is 10.0. The van der Waals surface area contributed by atoms with Crippen molar-refractivity contribution in [3.05, 3.63) is 34.9 Å². The van der Waals surface area contributed by atoms with Gasteiger partial charge >= 0.3 is 5.97 Å². The number of fused-ring (bicyclic) bond motifs is 1. The van der Waals surface area contributed by atoms with E-state index in [1.165, 1.54) is 7.11 Å². The molecule has 0 saturated heterocycles. The molecule has 0 aliphatic heterocycles. The van der Waals surface area contributed by atoms with Crippen molar-refractivity contribution in [3.63, 3.8) is 0 Å². The van der Waals surface area contributed by atoms with Crippen molar-refractivity contribution >= 4 is 17.5 Å². The Labute approximate surface area is 104 Å². The van der Waals surface area contributed by atoms with Crippen LogP contribution in [0.25, 0.3) is 5.76 Å². The summed E-state index contributed by atoms with van der Waals surface area (Å²) in [6.07, 6.45) is 0.221. The van der Waals surface area contributed by atoms with Crippen LogP contribution < -0.4 is 4.74 Å². The van der Waals surface area contributed by atoms with Crippen LogP contribution in [0.4, 0.5) is 0 Å². The summed E-state index contributed by atoms with van der Waals surface area (Å²) in [6, 6.07) is 5.11. The van der Waals surface area contributed by atoms with Crippen LogP contribution in [-0.2, 0) is 20.7 Å². The van der Waals surface area contributed by atoms with Gasteiger partial charge in [0.15, 0.2) is 0 Å². The summed E-state index contributed by atoms with van der Waals surface area (Å²) >= 11 is 0. The molecule has 1 aromatic carbocycles. The number of hydrogen-bond acceptors (Lipinski definition) is 5. The Bertz CT molecular complexity index is 557. The minimum absolute atomic E-state index is 0.0603. The Hall–Kier alpha value is -2.30. The molecule has 1 aliphatic carbocycles. The van der Waals surface area contributed by atoms with Crippen molar-refractivity contribution < 1.29 is 24.2 Å². The first-order valence-electron chi connectivity index (χ1n) is 5.30. The van der Waals surface area contributed by atoms with Crippen molar-refractivity contribution in [1.82, 2.24) is 0 Å². The predicted octanol–water partition coefficient (Wildman–Crippen LogP) is 1.26. The Kier molecular flexibility index (Phi) is 3.06. The molecule has 5 nitrogen and oxygen atoms in total. The number of esters is 1. The molecule has 18 heavy (non-hydrogen) atoms.